The minimum atomic E-state index is -1.83. The minimum absolute atomic E-state index is 0.0131. The van der Waals surface area contributed by atoms with Crippen LogP contribution in [0.1, 0.15) is 57.8 Å². The van der Waals surface area contributed by atoms with Gasteiger partial charge in [-0.2, -0.15) is 0 Å². The second-order valence-electron chi connectivity index (χ2n) is 12.0. The summed E-state index contributed by atoms with van der Waals surface area (Å²) in [6.45, 7) is 7.21. The van der Waals surface area contributed by atoms with Gasteiger partial charge in [0.05, 0.1) is 35.7 Å². The molecule has 5 rings (SSSR count). The second kappa shape index (κ2) is 8.94. The van der Waals surface area contributed by atoms with Crippen LogP contribution in [-0.4, -0.2) is 86.5 Å². The molecule has 1 heterocycles. The number of carbonyl (C=O) groups excluding carboxylic acids is 3. The summed E-state index contributed by atoms with van der Waals surface area (Å²) >= 11 is 0. The molecule has 0 radical (unpaired) electrons. The van der Waals surface area contributed by atoms with Crippen molar-refractivity contribution < 1.29 is 49.0 Å². The highest BCUT2D eigenvalue weighted by atomic mass is 16.6. The number of aliphatic hydroxyl groups is 4. The number of aliphatic hydroxyl groups excluding tert-OH is 3. The molecule has 0 aromatic heterocycles. The molecule has 10 atom stereocenters. The average molecular weight is 545 g/mol. The van der Waals surface area contributed by atoms with Crippen molar-refractivity contribution in [1.29, 1.82) is 0 Å². The molecule has 0 amide bonds. The summed E-state index contributed by atoms with van der Waals surface area (Å²) in [6, 6.07) is 8.13. The van der Waals surface area contributed by atoms with E-state index < -0.39 is 76.2 Å². The molecule has 10 heteroatoms. The molecule has 4 N–H and O–H groups in total. The number of fused-ring (bicyclic) bond motifs is 4. The lowest BCUT2D eigenvalue weighted by Crippen LogP contribution is -2.79. The number of benzene rings is 1. The van der Waals surface area contributed by atoms with Crippen molar-refractivity contribution in [2.45, 2.75) is 89.2 Å². The van der Waals surface area contributed by atoms with Crippen LogP contribution in [0, 0.1) is 16.7 Å². The molecule has 3 saturated carbocycles. The summed E-state index contributed by atoms with van der Waals surface area (Å²) < 4.78 is 17.6. The van der Waals surface area contributed by atoms with E-state index in [2.05, 4.69) is 0 Å². The van der Waals surface area contributed by atoms with Crippen molar-refractivity contribution in [3.05, 3.63) is 47.0 Å². The summed E-state index contributed by atoms with van der Waals surface area (Å²) in [5, 5.41) is 45.8. The third-order valence-corrected chi connectivity index (χ3v) is 9.86. The SMILES string of the molecule is CC(=O)O[C@@]12CO[C@@H]1C[C@H](O)[C@@]1(C)C(=O)[C@H](O)/C(=C(\C)[C@H](C)O)[C@@]3(C)C[C@@]3(O)[C@@H](OC(=O)c3ccccc3)[C@H]21. The highest BCUT2D eigenvalue weighted by Gasteiger charge is 2.82. The molecule has 1 aliphatic heterocycles. The number of esters is 2. The fraction of sp³-hybridized carbons (Fsp3) is 0.621. The van der Waals surface area contributed by atoms with Crippen molar-refractivity contribution in [2.24, 2.45) is 16.7 Å². The quantitative estimate of drug-likeness (QED) is 0.319. The molecule has 212 valence electrons. The van der Waals surface area contributed by atoms with E-state index in [1.165, 1.54) is 20.8 Å². The third kappa shape index (κ3) is 3.69. The van der Waals surface area contributed by atoms with Gasteiger partial charge in [-0.05, 0) is 50.5 Å². The van der Waals surface area contributed by atoms with Crippen molar-refractivity contribution >= 4 is 17.7 Å². The van der Waals surface area contributed by atoms with Gasteiger partial charge in [-0.3, -0.25) is 9.59 Å². The third-order valence-electron chi connectivity index (χ3n) is 9.86. The van der Waals surface area contributed by atoms with Gasteiger partial charge in [0.1, 0.15) is 23.9 Å². The van der Waals surface area contributed by atoms with Crippen LogP contribution >= 0.6 is 0 Å². The van der Waals surface area contributed by atoms with Gasteiger partial charge >= 0.3 is 11.9 Å². The van der Waals surface area contributed by atoms with Gasteiger partial charge in [0.15, 0.2) is 11.4 Å². The van der Waals surface area contributed by atoms with Crippen LogP contribution in [0.25, 0.3) is 0 Å². The van der Waals surface area contributed by atoms with Gasteiger partial charge in [0.25, 0.3) is 0 Å². The molecule has 1 aromatic rings. The van der Waals surface area contributed by atoms with Crippen LogP contribution in [0.5, 0.6) is 0 Å². The van der Waals surface area contributed by atoms with Gasteiger partial charge in [-0.15, -0.1) is 0 Å². The molecular weight excluding hydrogens is 508 g/mol. The van der Waals surface area contributed by atoms with Crippen LogP contribution < -0.4 is 0 Å². The number of hydrogen-bond acceptors (Lipinski definition) is 10. The minimum Gasteiger partial charge on any atom is -0.455 e. The van der Waals surface area contributed by atoms with E-state index in [-0.39, 0.29) is 30.6 Å². The lowest BCUT2D eigenvalue weighted by Gasteiger charge is -2.64. The number of ether oxygens (including phenoxy) is 3. The first-order valence-electron chi connectivity index (χ1n) is 13.2. The molecule has 3 aliphatic carbocycles. The highest BCUT2D eigenvalue weighted by molar-refractivity contribution is 5.94. The molecule has 0 unspecified atom stereocenters. The van der Waals surface area contributed by atoms with E-state index in [1.807, 2.05) is 0 Å². The Morgan fingerprint density at radius 1 is 1.13 bits per heavy atom. The summed E-state index contributed by atoms with van der Waals surface area (Å²) in [5.41, 5.74) is -5.81. The monoisotopic (exact) mass is 544 g/mol. The van der Waals surface area contributed by atoms with Crippen molar-refractivity contribution in [3.63, 3.8) is 0 Å². The van der Waals surface area contributed by atoms with Crippen LogP contribution in [0.3, 0.4) is 0 Å². The summed E-state index contributed by atoms with van der Waals surface area (Å²) in [5.74, 6) is -3.47. The van der Waals surface area contributed by atoms with Crippen LogP contribution in [-0.2, 0) is 23.8 Å². The average Bonchev–Trinajstić information content (AvgIpc) is 3.44. The first kappa shape index (κ1) is 27.9. The first-order valence-corrected chi connectivity index (χ1v) is 13.2. The van der Waals surface area contributed by atoms with E-state index in [0.717, 1.165) is 0 Å². The van der Waals surface area contributed by atoms with Crippen molar-refractivity contribution in [3.8, 4) is 0 Å². The number of hydrogen-bond donors (Lipinski definition) is 4. The normalized spacial score (nSPS) is 44.7. The van der Waals surface area contributed by atoms with Crippen LogP contribution in [0.2, 0.25) is 0 Å². The van der Waals surface area contributed by atoms with Gasteiger partial charge < -0.3 is 34.6 Å². The van der Waals surface area contributed by atoms with E-state index >= 15 is 0 Å². The number of Topliss-reactive ketones (excluding diaryl/α,β-unsaturated/α-hetero) is 1. The molecular formula is C29H36O10. The molecule has 1 aromatic carbocycles. The Bertz CT molecular complexity index is 1240. The molecule has 4 fully saturated rings. The summed E-state index contributed by atoms with van der Waals surface area (Å²) in [4.78, 5) is 40.1. The zero-order valence-corrected chi connectivity index (χ0v) is 22.7. The predicted octanol–water partition coefficient (Wildman–Crippen LogP) is 1.08. The van der Waals surface area contributed by atoms with Gasteiger partial charge in [-0.1, -0.05) is 25.1 Å². The van der Waals surface area contributed by atoms with Crippen molar-refractivity contribution in [2.75, 3.05) is 6.61 Å². The smallest absolute Gasteiger partial charge is 0.338 e. The Kier molecular flexibility index (Phi) is 6.40. The summed E-state index contributed by atoms with van der Waals surface area (Å²) in [7, 11) is 0. The lowest BCUT2D eigenvalue weighted by atomic mass is 9.50. The lowest BCUT2D eigenvalue weighted by molar-refractivity contribution is -0.336. The standard InChI is InChI=1S/C29H36O10/c1-14(15(2)30)20-21(33)23(34)27(5)18(32)11-19-28(13-37-19,39-16(3)31)22(27)24(29(36)12-26(20,29)4)38-25(35)17-9-7-6-8-10-17/h6-10,15,18-19,21-22,24,30,32-33,36H,11-13H2,1-5H3/b20-14-/t15-,18-,19+,21+,22-,24-,26+,27+,28-,29+/m0/s1. The molecule has 0 bridgehead atoms. The van der Waals surface area contributed by atoms with E-state index in [4.69, 9.17) is 14.2 Å². The molecule has 10 nitrogen and oxygen atoms in total. The molecule has 0 spiro atoms. The maximum Gasteiger partial charge on any atom is 0.338 e. The largest absolute Gasteiger partial charge is 0.455 e. The van der Waals surface area contributed by atoms with Gasteiger partial charge in [0, 0.05) is 18.8 Å². The number of rotatable bonds is 4. The fourth-order valence-electron chi connectivity index (χ4n) is 7.44. The number of carbonyl (C=O) groups is 3. The molecule has 39 heavy (non-hydrogen) atoms. The van der Waals surface area contributed by atoms with Crippen LogP contribution in [0.15, 0.2) is 41.5 Å². The maximum atomic E-state index is 14.3. The fourth-order valence-corrected chi connectivity index (χ4v) is 7.44. The van der Waals surface area contributed by atoms with Crippen molar-refractivity contribution in [1.82, 2.24) is 0 Å². The Morgan fingerprint density at radius 3 is 2.31 bits per heavy atom. The van der Waals surface area contributed by atoms with E-state index in [9.17, 15) is 34.8 Å². The number of ketones is 1. The Balaban J connectivity index is 1.76. The molecule has 4 aliphatic rings. The van der Waals surface area contributed by atoms with Crippen LogP contribution in [0.4, 0.5) is 0 Å². The second-order valence-corrected chi connectivity index (χ2v) is 12.0. The Hall–Kier alpha value is -2.63. The van der Waals surface area contributed by atoms with Gasteiger partial charge in [-0.25, -0.2) is 4.79 Å². The predicted molar refractivity (Wildman–Crippen MR) is 135 cm³/mol. The molecule has 1 saturated heterocycles. The Labute approximate surface area is 226 Å². The van der Waals surface area contributed by atoms with E-state index in [1.54, 1.807) is 44.2 Å². The maximum absolute atomic E-state index is 14.3. The Morgan fingerprint density at radius 2 is 1.77 bits per heavy atom. The highest BCUT2D eigenvalue weighted by Crippen LogP contribution is 2.71. The van der Waals surface area contributed by atoms with Gasteiger partial charge in [0.2, 0.25) is 0 Å². The topological polar surface area (TPSA) is 160 Å². The zero-order chi connectivity index (χ0) is 28.7. The zero-order valence-electron chi connectivity index (χ0n) is 22.7. The first-order chi connectivity index (χ1) is 18.1. The van der Waals surface area contributed by atoms with E-state index in [0.29, 0.717) is 5.57 Å². The summed E-state index contributed by atoms with van der Waals surface area (Å²) in [6.07, 6.45) is -6.59.